The quantitative estimate of drug-likeness (QED) is 0.0816. The number of nitrogens with two attached hydrogens (primary N) is 1. The molecule has 0 aliphatic carbocycles. The van der Waals surface area contributed by atoms with Crippen molar-refractivity contribution in [1.82, 2.24) is 0 Å². The number of hydrogen-bond acceptors (Lipinski definition) is 5. The van der Waals surface area contributed by atoms with Crippen molar-refractivity contribution >= 4 is 25.6 Å². The number of carbonyl (C=O) groups excluding carboxylic acids is 2. The standard InChI is InChI=1S/C36H77NO4P2/c1-9-17-25-42(26-18-10-2,27-19-11-3,28-20-12-4)40-35(38)33-34(37)36(39)41-43(29-21-13-5,30-22-14-6,31-23-15-7)32-24-16-8/h34H,9-33,37H2,1-8H3/t34-/m1/s1. The van der Waals surface area contributed by atoms with Crippen LogP contribution in [0.3, 0.4) is 0 Å². The molecule has 0 aromatic heterocycles. The van der Waals surface area contributed by atoms with Crippen LogP contribution in [0.5, 0.6) is 0 Å². The molecule has 0 aliphatic rings. The van der Waals surface area contributed by atoms with Gasteiger partial charge in [-0.05, 0) is 0 Å². The van der Waals surface area contributed by atoms with Crippen LogP contribution < -0.4 is 5.73 Å². The van der Waals surface area contributed by atoms with Crippen LogP contribution >= 0.6 is 13.7 Å². The topological polar surface area (TPSA) is 78.6 Å². The molecule has 0 aromatic carbocycles. The normalized spacial score (nSPS) is 14.8. The van der Waals surface area contributed by atoms with Crippen molar-refractivity contribution in [3.05, 3.63) is 0 Å². The molecule has 7 heteroatoms. The van der Waals surface area contributed by atoms with Gasteiger partial charge in [0, 0.05) is 0 Å². The first kappa shape index (κ1) is 42.8. The SMILES string of the molecule is CCCCP(CCCC)(CCCC)(CCCC)OC(=O)C[C@@H](N)C(=O)OP(CCCC)(CCCC)(CCCC)CCCC. The number of hydrogen-bond donors (Lipinski definition) is 1. The summed E-state index contributed by atoms with van der Waals surface area (Å²) in [6.45, 7) is 12.3. The van der Waals surface area contributed by atoms with Crippen LogP contribution in [0.4, 0.5) is 0 Å². The molecule has 5 nitrogen and oxygen atoms in total. The van der Waals surface area contributed by atoms with Gasteiger partial charge in [0.2, 0.25) is 0 Å². The molecule has 260 valence electrons. The Balaban J connectivity index is 6.38. The van der Waals surface area contributed by atoms with Crippen molar-refractivity contribution in [3.8, 4) is 0 Å². The second-order valence-corrected chi connectivity index (χ2v) is 25.4. The van der Waals surface area contributed by atoms with E-state index in [4.69, 9.17) is 14.8 Å². The molecule has 43 heavy (non-hydrogen) atoms. The first-order valence-corrected chi connectivity index (χ1v) is 24.5. The van der Waals surface area contributed by atoms with Crippen LogP contribution in [0, 0.1) is 0 Å². The number of rotatable bonds is 29. The summed E-state index contributed by atoms with van der Waals surface area (Å²) in [6.07, 6.45) is 25.5. The Labute approximate surface area is 269 Å². The minimum absolute atomic E-state index is 0.0666. The van der Waals surface area contributed by atoms with E-state index < -0.39 is 19.7 Å². The van der Waals surface area contributed by atoms with E-state index in [1.807, 2.05) is 0 Å². The fourth-order valence-electron chi connectivity index (χ4n) is 7.08. The predicted octanol–water partition coefficient (Wildman–Crippen LogP) is 11.1. The van der Waals surface area contributed by atoms with E-state index in [9.17, 15) is 9.59 Å². The first-order chi connectivity index (χ1) is 20.5. The minimum atomic E-state index is -2.82. The van der Waals surface area contributed by atoms with Gasteiger partial charge < -0.3 is 0 Å². The molecule has 0 fully saturated rings. The fourth-order valence-corrected chi connectivity index (χ4v) is 20.7. The van der Waals surface area contributed by atoms with Gasteiger partial charge in [0.05, 0.1) is 0 Å². The average Bonchev–Trinajstić information content (AvgIpc) is 3.01. The molecule has 1 atom stereocenters. The van der Waals surface area contributed by atoms with Crippen molar-refractivity contribution in [2.75, 3.05) is 49.3 Å². The molecule has 0 radical (unpaired) electrons. The summed E-state index contributed by atoms with van der Waals surface area (Å²) in [5, 5.41) is 0. The van der Waals surface area contributed by atoms with E-state index in [1.165, 1.54) is 0 Å². The number of unbranched alkanes of at least 4 members (excludes halogenated alkanes) is 8. The average molecular weight is 650 g/mol. The third kappa shape index (κ3) is 14.4. The van der Waals surface area contributed by atoms with E-state index >= 15 is 0 Å². The molecule has 2 N–H and O–H groups in total. The maximum atomic E-state index is 14.0. The van der Waals surface area contributed by atoms with Gasteiger partial charge in [0.1, 0.15) is 0 Å². The van der Waals surface area contributed by atoms with Crippen molar-refractivity contribution < 1.29 is 18.6 Å². The van der Waals surface area contributed by atoms with Crippen LogP contribution in [0.25, 0.3) is 0 Å². The van der Waals surface area contributed by atoms with Gasteiger partial charge >= 0.3 is 270 Å². The van der Waals surface area contributed by atoms with Crippen LogP contribution in [0.1, 0.15) is 165 Å². The van der Waals surface area contributed by atoms with Gasteiger partial charge in [-0.15, -0.1) is 0 Å². The third-order valence-corrected chi connectivity index (χ3v) is 23.0. The molecule has 0 saturated heterocycles. The summed E-state index contributed by atoms with van der Waals surface area (Å²) in [5.41, 5.74) is 6.62. The molecular formula is C36H77NO4P2. The van der Waals surface area contributed by atoms with Crippen molar-refractivity contribution in [3.63, 3.8) is 0 Å². The zero-order valence-electron chi connectivity index (χ0n) is 30.4. The summed E-state index contributed by atoms with van der Waals surface area (Å²) >= 11 is 0. The summed E-state index contributed by atoms with van der Waals surface area (Å²) in [7, 11) is 0. The summed E-state index contributed by atoms with van der Waals surface area (Å²) in [6, 6.07) is -0.961. The molecule has 0 heterocycles. The van der Waals surface area contributed by atoms with Crippen LogP contribution in [0.2, 0.25) is 0 Å². The van der Waals surface area contributed by atoms with Gasteiger partial charge in [-0.1, -0.05) is 0 Å². The van der Waals surface area contributed by atoms with Gasteiger partial charge in [-0.3, -0.25) is 0 Å². The van der Waals surface area contributed by atoms with Crippen molar-refractivity contribution in [2.45, 2.75) is 171 Å². The molecule has 0 spiro atoms. The fraction of sp³-hybridized carbons (Fsp3) is 0.944. The van der Waals surface area contributed by atoms with Gasteiger partial charge in [0.15, 0.2) is 0 Å². The van der Waals surface area contributed by atoms with E-state index in [2.05, 4.69) is 55.4 Å². The number of carbonyl (C=O) groups is 2. The first-order valence-electron chi connectivity index (χ1n) is 18.8. The third-order valence-electron chi connectivity index (χ3n) is 10.0. The Morgan fingerprint density at radius 3 is 0.930 bits per heavy atom. The zero-order valence-corrected chi connectivity index (χ0v) is 32.1. The van der Waals surface area contributed by atoms with Crippen LogP contribution in [-0.4, -0.2) is 67.3 Å². The van der Waals surface area contributed by atoms with Crippen LogP contribution in [0.15, 0.2) is 0 Å². The van der Waals surface area contributed by atoms with E-state index in [-0.39, 0.29) is 18.4 Å². The van der Waals surface area contributed by atoms with Gasteiger partial charge in [0.25, 0.3) is 0 Å². The summed E-state index contributed by atoms with van der Waals surface area (Å²) in [4.78, 5) is 27.9. The Morgan fingerprint density at radius 1 is 0.465 bits per heavy atom. The Morgan fingerprint density at radius 2 is 0.698 bits per heavy atom. The van der Waals surface area contributed by atoms with Crippen molar-refractivity contribution in [2.24, 2.45) is 5.73 Å². The predicted molar refractivity (Wildman–Crippen MR) is 197 cm³/mol. The molecule has 0 bridgehead atoms. The molecule has 0 amide bonds. The van der Waals surface area contributed by atoms with E-state index in [0.29, 0.717) is 0 Å². The summed E-state index contributed by atoms with van der Waals surface area (Å²) in [5.74, 6) is -0.607. The van der Waals surface area contributed by atoms with Crippen LogP contribution in [-0.2, 0) is 18.6 Å². The monoisotopic (exact) mass is 650 g/mol. The van der Waals surface area contributed by atoms with E-state index in [1.54, 1.807) is 0 Å². The Hall–Kier alpha value is -0.240. The molecule has 0 rings (SSSR count). The molecule has 0 aliphatic heterocycles. The second kappa shape index (κ2) is 22.3. The molecule has 0 aromatic rings. The van der Waals surface area contributed by atoms with Gasteiger partial charge in [-0.2, -0.15) is 0 Å². The molecular weight excluding hydrogens is 572 g/mol. The Bertz CT molecular complexity index is 673. The zero-order chi connectivity index (χ0) is 32.7. The van der Waals surface area contributed by atoms with E-state index in [0.717, 1.165) is 152 Å². The van der Waals surface area contributed by atoms with Crippen molar-refractivity contribution in [1.29, 1.82) is 0 Å². The maximum absolute atomic E-state index is 14.0. The molecule has 0 saturated carbocycles. The molecule has 0 unspecified atom stereocenters. The Kier molecular flexibility index (Phi) is 22.2. The summed E-state index contributed by atoms with van der Waals surface area (Å²) < 4.78 is 13.8. The second-order valence-electron chi connectivity index (χ2n) is 14.0. The van der Waals surface area contributed by atoms with Gasteiger partial charge in [-0.25, -0.2) is 0 Å².